The molecule has 150 valence electrons. The summed E-state index contributed by atoms with van der Waals surface area (Å²) in [6.45, 7) is 7.46. The lowest BCUT2D eigenvalue weighted by atomic mass is 10.2. The van der Waals surface area contributed by atoms with E-state index in [2.05, 4.69) is 41.0 Å². The molecule has 4 aromatic rings. The lowest BCUT2D eigenvalue weighted by molar-refractivity contribution is 0.150. The van der Waals surface area contributed by atoms with Crippen LogP contribution in [0.4, 0.5) is 0 Å². The number of fused-ring (bicyclic) bond motifs is 3. The maximum absolute atomic E-state index is 13.4. The molecule has 1 aromatic heterocycles. The summed E-state index contributed by atoms with van der Waals surface area (Å²) in [5, 5.41) is 3.00. The Bertz CT molecular complexity index is 1120. The number of nitrogens with zero attached hydrogens (tertiary/aromatic N) is 1. The van der Waals surface area contributed by atoms with E-state index in [0.717, 1.165) is 16.7 Å². The van der Waals surface area contributed by atoms with E-state index < -0.39 is 7.60 Å². The smallest absolute Gasteiger partial charge is 0.309 e. The molecule has 3 aromatic carbocycles. The third-order valence-electron chi connectivity index (χ3n) is 4.70. The van der Waals surface area contributed by atoms with E-state index in [9.17, 15) is 4.57 Å². The molecule has 0 aliphatic rings. The van der Waals surface area contributed by atoms with E-state index in [0.29, 0.717) is 5.30 Å². The van der Waals surface area contributed by atoms with Crippen LogP contribution in [0.2, 0.25) is 0 Å². The molecule has 0 N–H and O–H groups in total. The number of para-hydroxylation sites is 2. The van der Waals surface area contributed by atoms with Gasteiger partial charge in [-0.1, -0.05) is 36.4 Å². The average molecular weight is 407 g/mol. The van der Waals surface area contributed by atoms with E-state index in [4.69, 9.17) is 9.05 Å². The van der Waals surface area contributed by atoms with E-state index in [1.807, 2.05) is 64.1 Å². The third-order valence-corrected chi connectivity index (χ3v) is 7.03. The molecule has 0 radical (unpaired) electrons. The minimum Gasteiger partial charge on any atom is -0.309 e. The molecule has 4 nitrogen and oxygen atoms in total. The van der Waals surface area contributed by atoms with Gasteiger partial charge in [-0.05, 0) is 64.1 Å². The lowest BCUT2D eigenvalue weighted by Crippen LogP contribution is -2.17. The molecule has 5 heteroatoms. The molecule has 0 bridgehead atoms. The van der Waals surface area contributed by atoms with Crippen LogP contribution in [0, 0.1) is 0 Å². The fourth-order valence-corrected chi connectivity index (χ4v) is 5.60. The summed E-state index contributed by atoms with van der Waals surface area (Å²) in [6, 6.07) is 24.4. The Hall–Kier alpha value is -2.39. The molecular formula is C24H26NO3P. The highest BCUT2D eigenvalue weighted by molar-refractivity contribution is 7.62. The van der Waals surface area contributed by atoms with Gasteiger partial charge in [0.25, 0.3) is 0 Å². The van der Waals surface area contributed by atoms with Crippen molar-refractivity contribution in [2.45, 2.75) is 39.9 Å². The van der Waals surface area contributed by atoms with Gasteiger partial charge in [-0.3, -0.25) is 4.57 Å². The van der Waals surface area contributed by atoms with Crippen molar-refractivity contribution >= 4 is 34.7 Å². The molecule has 0 aliphatic carbocycles. The zero-order valence-electron chi connectivity index (χ0n) is 17.2. The van der Waals surface area contributed by atoms with Crippen molar-refractivity contribution in [1.82, 2.24) is 4.57 Å². The minimum atomic E-state index is -3.39. The van der Waals surface area contributed by atoms with Gasteiger partial charge in [0, 0.05) is 16.5 Å². The Morgan fingerprint density at radius 3 is 1.59 bits per heavy atom. The Kier molecular flexibility index (Phi) is 5.35. The largest absolute Gasteiger partial charge is 0.361 e. The molecule has 1 heterocycles. The Labute approximate surface area is 171 Å². The van der Waals surface area contributed by atoms with Gasteiger partial charge in [-0.25, -0.2) is 0 Å². The van der Waals surface area contributed by atoms with E-state index in [1.54, 1.807) is 0 Å². The normalized spacial score (nSPS) is 12.5. The summed E-state index contributed by atoms with van der Waals surface area (Å²) in [5.74, 6) is 0. The molecule has 0 fully saturated rings. The van der Waals surface area contributed by atoms with Gasteiger partial charge in [0.05, 0.1) is 28.5 Å². The highest BCUT2D eigenvalue weighted by atomic mass is 31.2. The third kappa shape index (κ3) is 3.76. The fraction of sp³-hybridized carbons (Fsp3) is 0.250. The molecule has 4 rings (SSSR count). The maximum Gasteiger partial charge on any atom is 0.361 e. The summed E-state index contributed by atoms with van der Waals surface area (Å²) in [5.41, 5.74) is 3.29. The van der Waals surface area contributed by atoms with Crippen molar-refractivity contribution in [3.63, 3.8) is 0 Å². The van der Waals surface area contributed by atoms with Gasteiger partial charge in [-0.2, -0.15) is 0 Å². The molecule has 0 saturated heterocycles. The van der Waals surface area contributed by atoms with Gasteiger partial charge in [0.1, 0.15) is 0 Å². The van der Waals surface area contributed by atoms with Crippen molar-refractivity contribution in [2.75, 3.05) is 0 Å². The zero-order valence-corrected chi connectivity index (χ0v) is 18.1. The fourth-order valence-electron chi connectivity index (χ4n) is 3.69. The van der Waals surface area contributed by atoms with Crippen LogP contribution in [0.1, 0.15) is 27.7 Å². The van der Waals surface area contributed by atoms with Gasteiger partial charge >= 0.3 is 7.60 Å². The monoisotopic (exact) mass is 407 g/mol. The van der Waals surface area contributed by atoms with Gasteiger partial charge in [-0.15, -0.1) is 0 Å². The van der Waals surface area contributed by atoms with Crippen molar-refractivity contribution in [1.29, 1.82) is 0 Å². The van der Waals surface area contributed by atoms with E-state index in [1.165, 1.54) is 10.8 Å². The first-order chi connectivity index (χ1) is 13.9. The summed E-state index contributed by atoms with van der Waals surface area (Å²) in [6.07, 6.45) is -0.395. The Balaban J connectivity index is 1.83. The Morgan fingerprint density at radius 1 is 0.690 bits per heavy atom. The van der Waals surface area contributed by atoms with Crippen LogP contribution in [0.5, 0.6) is 0 Å². The first-order valence-electron chi connectivity index (χ1n) is 9.95. The highest BCUT2D eigenvalue weighted by Crippen LogP contribution is 2.49. The van der Waals surface area contributed by atoms with Gasteiger partial charge < -0.3 is 13.6 Å². The quantitative estimate of drug-likeness (QED) is 0.345. The second kappa shape index (κ2) is 7.79. The average Bonchev–Trinajstić information content (AvgIpc) is 3.01. The molecule has 29 heavy (non-hydrogen) atoms. The highest BCUT2D eigenvalue weighted by Gasteiger charge is 2.30. The first-order valence-corrected chi connectivity index (χ1v) is 11.5. The lowest BCUT2D eigenvalue weighted by Gasteiger charge is -2.23. The second-order valence-corrected chi connectivity index (χ2v) is 9.62. The van der Waals surface area contributed by atoms with E-state index in [-0.39, 0.29) is 12.2 Å². The number of rotatable bonds is 6. The first kappa shape index (κ1) is 19.9. The predicted octanol–water partition coefficient (Wildman–Crippen LogP) is 6.45. The van der Waals surface area contributed by atoms with Crippen LogP contribution in [-0.2, 0) is 13.6 Å². The Morgan fingerprint density at radius 2 is 1.14 bits per heavy atom. The number of hydrogen-bond acceptors (Lipinski definition) is 3. The van der Waals surface area contributed by atoms with Gasteiger partial charge in [0.2, 0.25) is 0 Å². The summed E-state index contributed by atoms with van der Waals surface area (Å²) in [4.78, 5) is 0. The van der Waals surface area contributed by atoms with Crippen LogP contribution >= 0.6 is 7.60 Å². The topological polar surface area (TPSA) is 40.5 Å². The van der Waals surface area contributed by atoms with Crippen LogP contribution in [0.15, 0.2) is 72.8 Å². The van der Waals surface area contributed by atoms with Crippen molar-refractivity contribution in [3.8, 4) is 5.69 Å². The molecule has 0 atom stereocenters. The zero-order chi connectivity index (χ0) is 20.6. The number of hydrogen-bond donors (Lipinski definition) is 0. The summed E-state index contributed by atoms with van der Waals surface area (Å²) in [7, 11) is -3.39. The van der Waals surface area contributed by atoms with Gasteiger partial charge in [0.15, 0.2) is 0 Å². The second-order valence-electron chi connectivity index (χ2n) is 7.69. The molecule has 0 saturated carbocycles. The maximum atomic E-state index is 13.4. The summed E-state index contributed by atoms with van der Waals surface area (Å²) < 4.78 is 27.1. The van der Waals surface area contributed by atoms with Crippen LogP contribution in [0.3, 0.4) is 0 Å². The minimum absolute atomic E-state index is 0.198. The standard InChI is InChI=1S/C24H26NO3P/c1-17(2)27-29(26,28-18(3)4)20-15-13-19(14-16-20)25-23-11-7-5-9-21(23)22-10-6-8-12-24(22)25/h5-18H,1-4H3. The van der Waals surface area contributed by atoms with Crippen molar-refractivity contribution < 1.29 is 13.6 Å². The molecule has 0 unspecified atom stereocenters. The summed E-state index contributed by atoms with van der Waals surface area (Å²) >= 11 is 0. The molecular weight excluding hydrogens is 381 g/mol. The molecule has 0 amide bonds. The van der Waals surface area contributed by atoms with Crippen molar-refractivity contribution in [2.24, 2.45) is 0 Å². The van der Waals surface area contributed by atoms with Crippen LogP contribution < -0.4 is 5.30 Å². The van der Waals surface area contributed by atoms with Crippen molar-refractivity contribution in [3.05, 3.63) is 72.8 Å². The molecule has 0 spiro atoms. The number of aromatic nitrogens is 1. The van der Waals surface area contributed by atoms with E-state index >= 15 is 0 Å². The number of benzene rings is 3. The predicted molar refractivity (Wildman–Crippen MR) is 120 cm³/mol. The SMILES string of the molecule is CC(C)OP(=O)(OC(C)C)c1ccc(-n2c3ccccc3c3ccccc32)cc1. The van der Waals surface area contributed by atoms with Crippen LogP contribution in [-0.4, -0.2) is 16.8 Å². The van der Waals surface area contributed by atoms with Crippen LogP contribution in [0.25, 0.3) is 27.5 Å². The molecule has 0 aliphatic heterocycles.